The molecule has 0 atom stereocenters. The van der Waals surface area contributed by atoms with Gasteiger partial charge in [-0.05, 0) is 89.9 Å². The van der Waals surface area contributed by atoms with Crippen LogP contribution in [0.25, 0.3) is 22.3 Å². The van der Waals surface area contributed by atoms with E-state index >= 15 is 0 Å². The molecule has 3 nitrogen and oxygen atoms in total. The van der Waals surface area contributed by atoms with Gasteiger partial charge in [0.05, 0.1) is 5.56 Å². The predicted molar refractivity (Wildman–Crippen MR) is 223 cm³/mol. The molecular weight excluding hydrogens is 725 g/mol. The van der Waals surface area contributed by atoms with Crippen molar-refractivity contribution in [3.8, 4) is 33.8 Å². The van der Waals surface area contributed by atoms with Gasteiger partial charge in [0.2, 0.25) is 0 Å². The van der Waals surface area contributed by atoms with Crippen molar-refractivity contribution >= 4 is 59.9 Å². The molecule has 51 heavy (non-hydrogen) atoms. The first-order chi connectivity index (χ1) is 24.6. The van der Waals surface area contributed by atoms with Crippen molar-refractivity contribution in [3.05, 3.63) is 177 Å². The third kappa shape index (κ3) is 6.63. The van der Waals surface area contributed by atoms with Gasteiger partial charge < -0.3 is 10.2 Å². The fourth-order valence-corrected chi connectivity index (χ4v) is 7.81. The molecule has 2 aliphatic carbocycles. The maximum atomic E-state index is 11.4. The molecule has 0 unspecified atom stereocenters. The van der Waals surface area contributed by atoms with Gasteiger partial charge in [-0.15, -0.1) is 0 Å². The maximum absolute atomic E-state index is 11.4. The molecule has 6 aromatic rings. The molecule has 2 N–H and O–H groups in total. The molecular formula is C43H36O3S5. The first-order valence-corrected chi connectivity index (χ1v) is 20.2. The number of rotatable bonds is 3. The summed E-state index contributed by atoms with van der Waals surface area (Å²) in [6, 6.07) is 43.2. The lowest BCUT2D eigenvalue weighted by Gasteiger charge is -2.29. The van der Waals surface area contributed by atoms with Crippen molar-refractivity contribution in [2.24, 2.45) is 0 Å². The summed E-state index contributed by atoms with van der Waals surface area (Å²) in [6.07, 6.45) is 0.724. The number of carbonyl (C=O) groups excluding carboxylic acids is 1. The number of aldehydes is 1. The predicted octanol–water partition coefficient (Wildman–Crippen LogP) is 9.87. The summed E-state index contributed by atoms with van der Waals surface area (Å²) in [7, 11) is 0.917. The smallest absolute Gasteiger partial charge is 0.153 e. The molecule has 8 heteroatoms. The van der Waals surface area contributed by atoms with Gasteiger partial charge in [0.1, 0.15) is 11.5 Å². The molecule has 0 spiro atoms. The highest BCUT2D eigenvalue weighted by Crippen LogP contribution is 2.55. The Bertz CT molecular complexity index is 2200. The molecule has 0 aromatic heterocycles. The number of phenols is 2. The van der Waals surface area contributed by atoms with E-state index in [0.717, 1.165) is 48.5 Å². The van der Waals surface area contributed by atoms with E-state index in [1.165, 1.54) is 33.4 Å². The first-order valence-electron chi connectivity index (χ1n) is 16.2. The summed E-state index contributed by atoms with van der Waals surface area (Å²) in [5, 5.41) is 21.3. The highest BCUT2D eigenvalue weighted by molar-refractivity contribution is 8.37. The number of hydrogen-bond donors (Lipinski definition) is 2. The second kappa shape index (κ2) is 15.9. The molecule has 2 aliphatic rings. The van der Waals surface area contributed by atoms with E-state index in [0.29, 0.717) is 11.3 Å². The Labute approximate surface area is 322 Å². The minimum absolute atomic E-state index is 0.0737. The van der Waals surface area contributed by atoms with E-state index in [9.17, 15) is 15.0 Å². The van der Waals surface area contributed by atoms with Crippen molar-refractivity contribution in [1.29, 1.82) is 0 Å². The normalized spacial score (nSPS) is 13.2. The summed E-state index contributed by atoms with van der Waals surface area (Å²) >= 11 is 15.6. The average Bonchev–Trinajstić information content (AvgIpc) is 3.58. The number of hydrogen-bond acceptors (Lipinski definition) is 7. The van der Waals surface area contributed by atoms with Crippen LogP contribution < -0.4 is 0 Å². The second-order valence-electron chi connectivity index (χ2n) is 12.9. The van der Waals surface area contributed by atoms with Crippen LogP contribution in [0.1, 0.15) is 68.7 Å². The van der Waals surface area contributed by atoms with E-state index in [-0.39, 0.29) is 11.2 Å². The molecule has 0 radical (unpaired) electrons. The minimum atomic E-state index is -0.485. The van der Waals surface area contributed by atoms with Gasteiger partial charge >= 0.3 is 0 Å². The summed E-state index contributed by atoms with van der Waals surface area (Å²) in [5.74, 6) is 0.434. The van der Waals surface area contributed by atoms with E-state index in [2.05, 4.69) is 144 Å². The van der Waals surface area contributed by atoms with Crippen LogP contribution in [0.4, 0.5) is 0 Å². The quantitative estimate of drug-likeness (QED) is 0.174. The van der Waals surface area contributed by atoms with Crippen LogP contribution in [0, 0.1) is 13.8 Å². The summed E-state index contributed by atoms with van der Waals surface area (Å²) < 4.78 is 0. The SMILES string of the molecule is Cc1cc(C=O)c(O)c(C2(C)c3ccccc3-c3ccccc32)c1.Cc1ccc(O)c(C2(C)c3ccccc3-c3ccccc32)c1.S=S.S=S=S. The highest BCUT2D eigenvalue weighted by Gasteiger charge is 2.43. The molecule has 256 valence electrons. The third-order valence-electron chi connectivity index (χ3n) is 10.1. The van der Waals surface area contributed by atoms with E-state index in [1.54, 1.807) is 12.1 Å². The largest absolute Gasteiger partial charge is 0.508 e. The van der Waals surface area contributed by atoms with Crippen molar-refractivity contribution in [2.45, 2.75) is 38.5 Å². The Kier molecular flexibility index (Phi) is 11.8. The Morgan fingerprint density at radius 1 is 0.529 bits per heavy atom. The van der Waals surface area contributed by atoms with Crippen molar-refractivity contribution in [2.75, 3.05) is 0 Å². The first kappa shape index (κ1) is 37.9. The number of fused-ring (bicyclic) bond motifs is 6. The van der Waals surface area contributed by atoms with E-state index in [4.69, 9.17) is 0 Å². The monoisotopic (exact) mass is 760 g/mol. The average molecular weight is 761 g/mol. The molecule has 0 heterocycles. The number of aromatic hydroxyl groups is 2. The van der Waals surface area contributed by atoms with E-state index in [1.807, 2.05) is 43.3 Å². The Hall–Kier alpha value is -4.31. The molecule has 6 aromatic carbocycles. The molecule has 0 saturated carbocycles. The lowest BCUT2D eigenvalue weighted by molar-refractivity contribution is 0.112. The summed E-state index contributed by atoms with van der Waals surface area (Å²) in [4.78, 5) is 11.4. The van der Waals surface area contributed by atoms with Gasteiger partial charge in [-0.25, -0.2) is 0 Å². The zero-order valence-corrected chi connectivity index (χ0v) is 32.6. The molecule has 0 fully saturated rings. The Balaban J connectivity index is 0.000000176. The van der Waals surface area contributed by atoms with Crippen LogP contribution in [-0.4, -0.2) is 16.5 Å². The minimum Gasteiger partial charge on any atom is -0.508 e. The number of phenolic OH excluding ortho intramolecular Hbond substituents is 2. The van der Waals surface area contributed by atoms with Crippen LogP contribution in [0.5, 0.6) is 11.5 Å². The fraction of sp³-hybridized carbons (Fsp3) is 0.140. The molecule has 0 aliphatic heterocycles. The molecule has 8 rings (SSSR count). The molecule has 0 saturated heterocycles. The van der Waals surface area contributed by atoms with Crippen LogP contribution in [0.15, 0.2) is 127 Å². The van der Waals surface area contributed by atoms with Crippen molar-refractivity contribution < 1.29 is 15.0 Å². The highest BCUT2D eigenvalue weighted by atomic mass is 33.1. The van der Waals surface area contributed by atoms with Gasteiger partial charge in [0.15, 0.2) is 6.29 Å². The Morgan fingerprint density at radius 2 is 0.882 bits per heavy atom. The molecule has 0 amide bonds. The van der Waals surface area contributed by atoms with Crippen molar-refractivity contribution in [1.82, 2.24) is 0 Å². The molecule has 0 bridgehead atoms. The fourth-order valence-electron chi connectivity index (χ4n) is 7.81. The number of benzene rings is 6. The lowest BCUT2D eigenvalue weighted by atomic mass is 9.73. The van der Waals surface area contributed by atoms with Gasteiger partial charge in [0.25, 0.3) is 0 Å². The number of aryl methyl sites for hydroxylation is 2. The summed E-state index contributed by atoms with van der Waals surface area (Å²) in [5.41, 5.74) is 13.2. The van der Waals surface area contributed by atoms with E-state index < -0.39 is 5.41 Å². The van der Waals surface area contributed by atoms with Gasteiger partial charge in [-0.2, -0.15) is 0 Å². The van der Waals surface area contributed by atoms with Crippen LogP contribution in [0.3, 0.4) is 0 Å². The third-order valence-corrected chi connectivity index (χ3v) is 10.1. The maximum Gasteiger partial charge on any atom is 0.153 e. The standard InChI is InChI=1S/C22H18O2.C21H18O.S3.S2/c1-14-11-15(13-23)21(24)20(12-14)22(2)18-9-5-3-7-16(18)17-8-4-6-10-19(17)22;1-14-11-12-20(22)19(13-14)21(2)17-9-5-3-7-15(17)16-8-4-6-10-18(16)21;1-3-2;1-2/h3-13,24H,1-2H3;3-13,22H,1-2H3;;. The van der Waals surface area contributed by atoms with Gasteiger partial charge in [-0.3, -0.25) is 4.79 Å². The zero-order chi connectivity index (χ0) is 36.9. The van der Waals surface area contributed by atoms with Crippen LogP contribution in [0.2, 0.25) is 0 Å². The second-order valence-corrected chi connectivity index (χ2v) is 14.7. The van der Waals surface area contributed by atoms with Gasteiger partial charge in [-0.1, -0.05) is 121 Å². The van der Waals surface area contributed by atoms with Crippen molar-refractivity contribution in [3.63, 3.8) is 0 Å². The number of carbonyl (C=O) groups is 1. The zero-order valence-electron chi connectivity index (χ0n) is 28.5. The Morgan fingerprint density at radius 3 is 1.27 bits per heavy atom. The topological polar surface area (TPSA) is 57.5 Å². The summed E-state index contributed by atoms with van der Waals surface area (Å²) in [6.45, 7) is 8.36. The van der Waals surface area contributed by atoms with Gasteiger partial charge in [0, 0.05) is 75.6 Å². The lowest BCUT2D eigenvalue weighted by Crippen LogP contribution is -2.23. The van der Waals surface area contributed by atoms with Crippen LogP contribution >= 0.6 is 0 Å². The van der Waals surface area contributed by atoms with Crippen LogP contribution in [-0.2, 0) is 64.5 Å².